The first kappa shape index (κ1) is 11.9. The van der Waals surface area contributed by atoms with Gasteiger partial charge in [-0.15, -0.1) is 0 Å². The Kier molecular flexibility index (Phi) is 3.03. The molecule has 6 heteroatoms. The van der Waals surface area contributed by atoms with E-state index < -0.39 is 21.7 Å². The van der Waals surface area contributed by atoms with Gasteiger partial charge < -0.3 is 5.32 Å². The van der Waals surface area contributed by atoms with Crippen LogP contribution in [0.5, 0.6) is 0 Å². The molecule has 0 radical (unpaired) electrons. The van der Waals surface area contributed by atoms with Crippen molar-refractivity contribution >= 4 is 15.5 Å². The van der Waals surface area contributed by atoms with Gasteiger partial charge in [0.1, 0.15) is 5.82 Å². The van der Waals surface area contributed by atoms with Crippen molar-refractivity contribution in [2.24, 2.45) is 0 Å². The number of anilines is 1. The van der Waals surface area contributed by atoms with E-state index in [0.29, 0.717) is 6.42 Å². The van der Waals surface area contributed by atoms with E-state index in [1.807, 2.05) is 6.07 Å². The number of fused-ring (bicyclic) bond motifs is 1. The molecule has 90 valence electrons. The molecule has 1 N–H and O–H groups in total. The number of rotatable bonds is 2. The van der Waals surface area contributed by atoms with Crippen molar-refractivity contribution in [2.45, 2.75) is 23.8 Å². The monoisotopic (exact) mass is 254 g/mol. The van der Waals surface area contributed by atoms with Gasteiger partial charge in [-0.3, -0.25) is 0 Å². The molecule has 1 aromatic carbocycles. The molecule has 0 fully saturated rings. The maximum Gasteiger partial charge on any atom is 0.182 e. The number of sulfone groups is 1. The molecule has 1 aromatic rings. The number of nitrogens with one attached hydrogen (secondary N) is 1. The molecule has 0 saturated carbocycles. The Morgan fingerprint density at radius 3 is 3.00 bits per heavy atom. The molecule has 1 aliphatic rings. The van der Waals surface area contributed by atoms with Crippen molar-refractivity contribution in [1.29, 1.82) is 5.26 Å². The average molecular weight is 254 g/mol. The molecule has 17 heavy (non-hydrogen) atoms. The minimum Gasteiger partial charge on any atom is -0.378 e. The van der Waals surface area contributed by atoms with Gasteiger partial charge in [0.25, 0.3) is 0 Å². The molecule has 1 aliphatic heterocycles. The molecule has 2 rings (SSSR count). The van der Waals surface area contributed by atoms with Crippen LogP contribution in [0.4, 0.5) is 10.1 Å². The van der Waals surface area contributed by atoms with Crippen LogP contribution in [0.15, 0.2) is 23.1 Å². The van der Waals surface area contributed by atoms with Gasteiger partial charge in [0.15, 0.2) is 9.84 Å². The molecular weight excluding hydrogens is 243 g/mol. The van der Waals surface area contributed by atoms with E-state index in [9.17, 15) is 12.8 Å². The van der Waals surface area contributed by atoms with E-state index in [-0.39, 0.29) is 22.8 Å². The van der Waals surface area contributed by atoms with Crippen LogP contribution in [0.1, 0.15) is 12.8 Å². The molecule has 0 aliphatic carbocycles. The van der Waals surface area contributed by atoms with E-state index in [4.69, 9.17) is 5.26 Å². The van der Waals surface area contributed by atoms with Gasteiger partial charge in [-0.25, -0.2) is 12.8 Å². The fourth-order valence-corrected chi connectivity index (χ4v) is 3.61. The Labute approximate surface area is 99.0 Å². The molecule has 0 aromatic heterocycles. The minimum atomic E-state index is -3.46. The highest BCUT2D eigenvalue weighted by Gasteiger charge is 2.31. The lowest BCUT2D eigenvalue weighted by Crippen LogP contribution is -2.34. The first-order chi connectivity index (χ1) is 8.04. The summed E-state index contributed by atoms with van der Waals surface area (Å²) in [6, 6.07) is 5.54. The quantitative estimate of drug-likeness (QED) is 0.872. The molecule has 1 atom stereocenters. The number of benzene rings is 1. The normalized spacial score (nSPS) is 21.1. The van der Waals surface area contributed by atoms with Gasteiger partial charge in [-0.05, 0) is 18.6 Å². The lowest BCUT2D eigenvalue weighted by molar-refractivity contribution is 0.571. The van der Waals surface area contributed by atoms with Crippen LogP contribution in [0.25, 0.3) is 0 Å². The Balaban J connectivity index is 2.39. The zero-order valence-electron chi connectivity index (χ0n) is 8.98. The Bertz CT molecular complexity index is 578. The molecular formula is C11H11FN2O2S. The summed E-state index contributed by atoms with van der Waals surface area (Å²) in [5, 5.41) is 11.3. The fraction of sp³-hybridized carbons (Fsp3) is 0.364. The smallest absolute Gasteiger partial charge is 0.182 e. The van der Waals surface area contributed by atoms with Crippen molar-refractivity contribution in [1.82, 2.24) is 0 Å². The van der Waals surface area contributed by atoms with Crippen LogP contribution in [0.3, 0.4) is 0 Å². The lowest BCUT2D eigenvalue weighted by atomic mass is 10.1. The third kappa shape index (κ3) is 2.24. The third-order valence-electron chi connectivity index (χ3n) is 2.68. The van der Waals surface area contributed by atoms with Gasteiger partial charge in [-0.2, -0.15) is 5.26 Å². The Morgan fingerprint density at radius 1 is 1.53 bits per heavy atom. The molecule has 0 saturated heterocycles. The van der Waals surface area contributed by atoms with Crippen molar-refractivity contribution in [3.63, 3.8) is 0 Å². The summed E-state index contributed by atoms with van der Waals surface area (Å²) in [7, 11) is -3.46. The van der Waals surface area contributed by atoms with Gasteiger partial charge >= 0.3 is 0 Å². The van der Waals surface area contributed by atoms with E-state index in [0.717, 1.165) is 0 Å². The first-order valence-corrected chi connectivity index (χ1v) is 6.84. The number of nitrogens with zero attached hydrogens (tertiary/aromatic N) is 1. The second-order valence-electron chi connectivity index (χ2n) is 3.93. The van der Waals surface area contributed by atoms with Crippen molar-refractivity contribution < 1.29 is 12.8 Å². The van der Waals surface area contributed by atoms with Crippen LogP contribution >= 0.6 is 0 Å². The molecule has 1 heterocycles. The van der Waals surface area contributed by atoms with Crippen molar-refractivity contribution in [3.8, 4) is 6.07 Å². The maximum atomic E-state index is 13.5. The van der Waals surface area contributed by atoms with Crippen LogP contribution in [-0.4, -0.2) is 20.2 Å². The summed E-state index contributed by atoms with van der Waals surface area (Å²) < 4.78 is 37.3. The van der Waals surface area contributed by atoms with Crippen molar-refractivity contribution in [3.05, 3.63) is 24.0 Å². The van der Waals surface area contributed by atoms with Crippen LogP contribution in [0, 0.1) is 17.1 Å². The topological polar surface area (TPSA) is 70.0 Å². The summed E-state index contributed by atoms with van der Waals surface area (Å²) in [6.07, 6.45) is 0.639. The molecule has 1 unspecified atom stereocenters. The molecule has 0 spiro atoms. The summed E-state index contributed by atoms with van der Waals surface area (Å²) in [4.78, 5) is 0.00528. The van der Waals surface area contributed by atoms with E-state index >= 15 is 0 Å². The summed E-state index contributed by atoms with van der Waals surface area (Å²) in [6.45, 7) is 0. The first-order valence-electron chi connectivity index (χ1n) is 5.19. The second-order valence-corrected chi connectivity index (χ2v) is 5.94. The minimum absolute atomic E-state index is 0.00528. The SMILES string of the molecule is N#CCCC1CS(=O)(=O)c2cccc(F)c2N1. The Morgan fingerprint density at radius 2 is 2.29 bits per heavy atom. The number of para-hydroxylation sites is 1. The predicted molar refractivity (Wildman–Crippen MR) is 60.7 cm³/mol. The highest BCUT2D eigenvalue weighted by molar-refractivity contribution is 7.91. The second kappa shape index (κ2) is 4.34. The van der Waals surface area contributed by atoms with Gasteiger partial charge in [0.2, 0.25) is 0 Å². The zero-order chi connectivity index (χ0) is 12.5. The van der Waals surface area contributed by atoms with E-state index in [2.05, 4.69) is 5.32 Å². The van der Waals surface area contributed by atoms with Crippen LogP contribution < -0.4 is 5.32 Å². The van der Waals surface area contributed by atoms with Gasteiger partial charge in [0, 0.05) is 12.5 Å². The fourth-order valence-electron chi connectivity index (χ4n) is 1.90. The standard InChI is InChI=1S/C11H11FN2O2S/c12-9-4-1-5-10-11(9)14-8(3-2-6-13)7-17(10,15)16/h1,4-5,8,14H,2-3,7H2. The molecule has 0 amide bonds. The van der Waals surface area contributed by atoms with Crippen LogP contribution in [0.2, 0.25) is 0 Å². The van der Waals surface area contributed by atoms with Crippen LogP contribution in [-0.2, 0) is 9.84 Å². The van der Waals surface area contributed by atoms with Crippen molar-refractivity contribution in [2.75, 3.05) is 11.1 Å². The highest BCUT2D eigenvalue weighted by Crippen LogP contribution is 2.31. The highest BCUT2D eigenvalue weighted by atomic mass is 32.2. The third-order valence-corrected chi connectivity index (χ3v) is 4.54. The predicted octanol–water partition coefficient (Wildman–Crippen LogP) is 1.70. The number of hydrogen-bond donors (Lipinski definition) is 1. The average Bonchev–Trinajstić information content (AvgIpc) is 2.27. The zero-order valence-corrected chi connectivity index (χ0v) is 9.80. The number of halogens is 1. The van der Waals surface area contributed by atoms with E-state index in [1.54, 1.807) is 0 Å². The largest absolute Gasteiger partial charge is 0.378 e. The summed E-state index contributed by atoms with van der Waals surface area (Å²) in [5.41, 5.74) is 0.0293. The van der Waals surface area contributed by atoms with Gasteiger partial charge in [-0.1, -0.05) is 6.07 Å². The van der Waals surface area contributed by atoms with Gasteiger partial charge in [0.05, 0.1) is 22.4 Å². The maximum absolute atomic E-state index is 13.5. The number of nitriles is 1. The molecule has 0 bridgehead atoms. The molecule has 4 nitrogen and oxygen atoms in total. The Hall–Kier alpha value is -1.61. The lowest BCUT2D eigenvalue weighted by Gasteiger charge is -2.26. The number of hydrogen-bond acceptors (Lipinski definition) is 4. The van der Waals surface area contributed by atoms with E-state index in [1.165, 1.54) is 18.2 Å². The summed E-state index contributed by atoms with van der Waals surface area (Å²) >= 11 is 0. The summed E-state index contributed by atoms with van der Waals surface area (Å²) in [5.74, 6) is -0.668.